The van der Waals surface area contributed by atoms with Crippen LogP contribution in [0.25, 0.3) is 0 Å². The lowest BCUT2D eigenvalue weighted by molar-refractivity contribution is -0.121. The van der Waals surface area contributed by atoms with Crippen molar-refractivity contribution in [3.8, 4) is 11.5 Å². The summed E-state index contributed by atoms with van der Waals surface area (Å²) in [5.41, 5.74) is 2.31. The minimum atomic E-state index is -0.154. The standard InChI is InChI=1S/C20H24N2O3/c1-22(2)16-10-7-15(8-11-16)9-12-20(23)21-13-17-14-24-18-5-3-4-6-19(18)25-17/h3-8,10-11,17H,9,12-14H2,1-2H3,(H,21,23). The van der Waals surface area contributed by atoms with Crippen molar-refractivity contribution in [1.29, 1.82) is 0 Å². The van der Waals surface area contributed by atoms with Gasteiger partial charge in [-0.1, -0.05) is 24.3 Å². The third-order valence-electron chi connectivity index (χ3n) is 4.19. The van der Waals surface area contributed by atoms with E-state index >= 15 is 0 Å². The molecule has 0 bridgehead atoms. The van der Waals surface area contributed by atoms with Crippen molar-refractivity contribution >= 4 is 11.6 Å². The van der Waals surface area contributed by atoms with E-state index in [0.29, 0.717) is 19.6 Å². The summed E-state index contributed by atoms with van der Waals surface area (Å²) in [6.07, 6.45) is 1.04. The maximum Gasteiger partial charge on any atom is 0.220 e. The van der Waals surface area contributed by atoms with E-state index < -0.39 is 0 Å². The first-order valence-electron chi connectivity index (χ1n) is 8.53. The van der Waals surface area contributed by atoms with Gasteiger partial charge in [-0.05, 0) is 36.2 Å². The average Bonchev–Trinajstić information content (AvgIpc) is 2.65. The molecule has 132 valence electrons. The first-order chi connectivity index (χ1) is 12.1. The fourth-order valence-electron chi connectivity index (χ4n) is 2.70. The van der Waals surface area contributed by atoms with E-state index in [4.69, 9.17) is 9.47 Å². The number of amides is 1. The Bertz CT molecular complexity index is 713. The summed E-state index contributed by atoms with van der Waals surface area (Å²) >= 11 is 0. The summed E-state index contributed by atoms with van der Waals surface area (Å²) in [6.45, 7) is 0.899. The number of carbonyl (C=O) groups is 1. The van der Waals surface area contributed by atoms with Crippen molar-refractivity contribution in [1.82, 2.24) is 5.32 Å². The second-order valence-electron chi connectivity index (χ2n) is 6.36. The lowest BCUT2D eigenvalue weighted by atomic mass is 10.1. The highest BCUT2D eigenvalue weighted by molar-refractivity contribution is 5.76. The molecule has 1 unspecified atom stereocenters. The molecule has 3 rings (SSSR count). The van der Waals surface area contributed by atoms with Gasteiger partial charge in [0.1, 0.15) is 12.7 Å². The fraction of sp³-hybridized carbons (Fsp3) is 0.350. The number of ether oxygens (including phenoxy) is 2. The van der Waals surface area contributed by atoms with Gasteiger partial charge in [-0.2, -0.15) is 0 Å². The molecular formula is C20H24N2O3. The molecule has 0 saturated heterocycles. The van der Waals surface area contributed by atoms with Crippen molar-refractivity contribution in [2.24, 2.45) is 0 Å². The van der Waals surface area contributed by atoms with E-state index in [1.54, 1.807) is 0 Å². The van der Waals surface area contributed by atoms with Crippen molar-refractivity contribution in [2.45, 2.75) is 18.9 Å². The topological polar surface area (TPSA) is 50.8 Å². The summed E-state index contributed by atoms with van der Waals surface area (Å²) in [4.78, 5) is 14.1. The van der Waals surface area contributed by atoms with Gasteiger partial charge in [0.05, 0.1) is 6.54 Å². The van der Waals surface area contributed by atoms with Crippen LogP contribution in [0.1, 0.15) is 12.0 Å². The Balaban J connectivity index is 1.41. The second-order valence-corrected chi connectivity index (χ2v) is 6.36. The molecule has 1 amide bonds. The molecule has 0 saturated carbocycles. The number of rotatable bonds is 6. The van der Waals surface area contributed by atoms with E-state index in [0.717, 1.165) is 29.2 Å². The predicted molar refractivity (Wildman–Crippen MR) is 98.5 cm³/mol. The maximum absolute atomic E-state index is 12.1. The van der Waals surface area contributed by atoms with E-state index in [9.17, 15) is 4.79 Å². The van der Waals surface area contributed by atoms with Gasteiger partial charge in [0.15, 0.2) is 11.5 Å². The quantitative estimate of drug-likeness (QED) is 0.878. The van der Waals surface area contributed by atoms with Crippen LogP contribution in [0, 0.1) is 0 Å². The van der Waals surface area contributed by atoms with E-state index in [-0.39, 0.29) is 12.0 Å². The van der Waals surface area contributed by atoms with Crippen LogP contribution >= 0.6 is 0 Å². The minimum Gasteiger partial charge on any atom is -0.486 e. The molecule has 1 atom stereocenters. The van der Waals surface area contributed by atoms with E-state index in [2.05, 4.69) is 34.5 Å². The summed E-state index contributed by atoms with van der Waals surface area (Å²) in [5.74, 6) is 1.51. The normalized spacial score (nSPS) is 15.5. The van der Waals surface area contributed by atoms with Gasteiger partial charge in [-0.15, -0.1) is 0 Å². The van der Waals surface area contributed by atoms with E-state index in [1.165, 1.54) is 0 Å². The first kappa shape index (κ1) is 17.1. The van der Waals surface area contributed by atoms with Crippen LogP contribution in [-0.2, 0) is 11.2 Å². The van der Waals surface area contributed by atoms with Crippen LogP contribution in [-0.4, -0.2) is 39.3 Å². The molecule has 2 aromatic rings. The number of hydrogen-bond acceptors (Lipinski definition) is 4. The maximum atomic E-state index is 12.1. The summed E-state index contributed by atoms with van der Waals surface area (Å²) < 4.78 is 11.5. The van der Waals surface area contributed by atoms with Gasteiger partial charge in [-0.3, -0.25) is 4.79 Å². The highest BCUT2D eigenvalue weighted by Crippen LogP contribution is 2.30. The van der Waals surface area contributed by atoms with Gasteiger partial charge < -0.3 is 19.7 Å². The number of hydrogen-bond donors (Lipinski definition) is 1. The molecule has 0 aromatic heterocycles. The highest BCUT2D eigenvalue weighted by atomic mass is 16.6. The molecule has 0 fully saturated rings. The number of para-hydroxylation sites is 2. The largest absolute Gasteiger partial charge is 0.486 e. The second kappa shape index (κ2) is 7.92. The van der Waals surface area contributed by atoms with Crippen molar-refractivity contribution in [3.05, 3.63) is 54.1 Å². The van der Waals surface area contributed by atoms with Crippen molar-refractivity contribution in [3.63, 3.8) is 0 Å². The molecule has 1 N–H and O–H groups in total. The molecule has 1 heterocycles. The average molecular weight is 340 g/mol. The molecule has 0 aliphatic carbocycles. The molecule has 25 heavy (non-hydrogen) atoms. The molecule has 5 nitrogen and oxygen atoms in total. The molecule has 1 aliphatic heterocycles. The number of nitrogens with one attached hydrogen (secondary N) is 1. The molecule has 0 radical (unpaired) electrons. The smallest absolute Gasteiger partial charge is 0.220 e. The van der Waals surface area contributed by atoms with Crippen LogP contribution in [0.3, 0.4) is 0 Å². The summed E-state index contributed by atoms with van der Waals surface area (Å²) in [5, 5.41) is 2.93. The summed E-state index contributed by atoms with van der Waals surface area (Å²) in [7, 11) is 4.02. The van der Waals surface area contributed by atoms with Gasteiger partial charge in [0.25, 0.3) is 0 Å². The zero-order valence-corrected chi connectivity index (χ0v) is 14.7. The van der Waals surface area contributed by atoms with Crippen LogP contribution in [0.15, 0.2) is 48.5 Å². The van der Waals surface area contributed by atoms with Crippen LogP contribution in [0.5, 0.6) is 11.5 Å². The Kier molecular flexibility index (Phi) is 5.43. The molecule has 2 aromatic carbocycles. The Labute approximate surface area is 148 Å². The van der Waals surface area contributed by atoms with Gasteiger partial charge >= 0.3 is 0 Å². The zero-order valence-electron chi connectivity index (χ0n) is 14.7. The predicted octanol–water partition coefficient (Wildman–Crippen LogP) is 2.64. The SMILES string of the molecule is CN(C)c1ccc(CCC(=O)NCC2COc3ccccc3O2)cc1. The number of anilines is 1. The number of fused-ring (bicyclic) bond motifs is 1. The van der Waals surface area contributed by atoms with Crippen molar-refractivity contribution < 1.29 is 14.3 Å². The zero-order chi connectivity index (χ0) is 17.6. The highest BCUT2D eigenvalue weighted by Gasteiger charge is 2.20. The monoisotopic (exact) mass is 340 g/mol. The number of nitrogens with zero attached hydrogens (tertiary/aromatic N) is 1. The lowest BCUT2D eigenvalue weighted by Crippen LogP contribution is -2.40. The van der Waals surface area contributed by atoms with Crippen LogP contribution < -0.4 is 19.7 Å². The molecule has 0 spiro atoms. The van der Waals surface area contributed by atoms with Crippen molar-refractivity contribution in [2.75, 3.05) is 32.1 Å². The summed E-state index contributed by atoms with van der Waals surface area (Å²) in [6, 6.07) is 15.8. The Morgan fingerprint density at radius 3 is 2.56 bits per heavy atom. The number of benzene rings is 2. The van der Waals surface area contributed by atoms with Gasteiger partial charge in [-0.25, -0.2) is 0 Å². The Morgan fingerprint density at radius 2 is 1.84 bits per heavy atom. The molecular weight excluding hydrogens is 316 g/mol. The fourth-order valence-corrected chi connectivity index (χ4v) is 2.70. The minimum absolute atomic E-state index is 0.0270. The number of carbonyl (C=O) groups excluding carboxylic acids is 1. The van der Waals surface area contributed by atoms with E-state index in [1.807, 2.05) is 38.4 Å². The lowest BCUT2D eigenvalue weighted by Gasteiger charge is -2.26. The van der Waals surface area contributed by atoms with Gasteiger partial charge in [0, 0.05) is 26.2 Å². The Hall–Kier alpha value is -2.69. The third-order valence-corrected chi connectivity index (χ3v) is 4.19. The first-order valence-corrected chi connectivity index (χ1v) is 8.53. The Morgan fingerprint density at radius 1 is 1.12 bits per heavy atom. The van der Waals surface area contributed by atoms with Crippen LogP contribution in [0.4, 0.5) is 5.69 Å². The molecule has 5 heteroatoms. The third kappa shape index (κ3) is 4.66. The molecule has 1 aliphatic rings. The number of aryl methyl sites for hydroxylation is 1. The van der Waals surface area contributed by atoms with Gasteiger partial charge in [0.2, 0.25) is 5.91 Å². The van der Waals surface area contributed by atoms with Crippen LogP contribution in [0.2, 0.25) is 0 Å².